The number of hydrogen-bond acceptors (Lipinski definition) is 2. The molecule has 0 aromatic carbocycles. The molecular weight excluding hydrogens is 126 g/mol. The van der Waals surface area contributed by atoms with Crippen LogP contribution in [-0.4, -0.2) is 23.6 Å². The molecule has 0 saturated heterocycles. The lowest BCUT2D eigenvalue weighted by Gasteiger charge is -2.03. The molecule has 0 aliphatic rings. The fourth-order valence-corrected chi connectivity index (χ4v) is 0.715. The van der Waals surface area contributed by atoms with E-state index in [1.165, 1.54) is 0 Å². The summed E-state index contributed by atoms with van der Waals surface area (Å²) >= 11 is 5.33. The molecule has 0 bridgehead atoms. The quantitative estimate of drug-likeness (QED) is 0.549. The molecule has 0 amide bonds. The summed E-state index contributed by atoms with van der Waals surface area (Å²) in [6.07, 6.45) is 1.02. The Morgan fingerprint density at radius 1 is 1.50 bits per heavy atom. The van der Waals surface area contributed by atoms with Gasteiger partial charge in [-0.3, -0.25) is 0 Å². The fourth-order valence-electron chi connectivity index (χ4n) is 0.463. The summed E-state index contributed by atoms with van der Waals surface area (Å²) in [5, 5.41) is 8.88. The first kappa shape index (κ1) is 8.21. The first-order valence-corrected chi connectivity index (χ1v) is 3.28. The van der Waals surface area contributed by atoms with Crippen LogP contribution in [0.4, 0.5) is 0 Å². The first-order chi connectivity index (χ1) is 3.81. The number of halogens is 1. The van der Waals surface area contributed by atoms with Crippen LogP contribution in [0.3, 0.4) is 0 Å². The van der Waals surface area contributed by atoms with Gasteiger partial charge in [0.25, 0.3) is 0 Å². The summed E-state index contributed by atoms with van der Waals surface area (Å²) in [7, 11) is 0. The van der Waals surface area contributed by atoms with Gasteiger partial charge in [-0.1, -0.05) is 0 Å². The van der Waals surface area contributed by atoms with Crippen LogP contribution in [0.5, 0.6) is 0 Å². The second kappa shape index (κ2) is 5.35. The number of aliphatic hydroxyl groups is 1. The minimum Gasteiger partial charge on any atom is -0.393 e. The average Bonchev–Trinajstić information content (AvgIpc) is 1.68. The summed E-state index contributed by atoms with van der Waals surface area (Å²) in [4.78, 5) is 0. The minimum atomic E-state index is -0.294. The van der Waals surface area contributed by atoms with E-state index >= 15 is 0 Å². The molecule has 0 fully saturated rings. The minimum absolute atomic E-state index is 0.294. The Hall–Kier alpha value is 0.210. The van der Waals surface area contributed by atoms with Crippen LogP contribution in [0.15, 0.2) is 0 Å². The van der Waals surface area contributed by atoms with Crippen molar-refractivity contribution in [3.05, 3.63) is 0 Å². The van der Waals surface area contributed by atoms with Gasteiger partial charge in [0.05, 0.1) is 6.10 Å². The van der Waals surface area contributed by atoms with Crippen molar-refractivity contribution in [3.8, 4) is 0 Å². The van der Waals surface area contributed by atoms with Crippen molar-refractivity contribution in [1.29, 1.82) is 0 Å². The maximum absolute atomic E-state index is 8.88. The third-order valence-corrected chi connectivity index (χ3v) is 1.16. The topological polar surface area (TPSA) is 46.2 Å². The molecule has 0 aromatic rings. The fraction of sp³-hybridized carbons (Fsp3) is 1.00. The average molecular weight is 138 g/mol. The Labute approximate surface area is 54.6 Å². The Kier molecular flexibility index (Phi) is 5.49. The molecule has 3 N–H and O–H groups in total. The predicted octanol–water partition coefficient (Wildman–Crippen LogP) is 0.325. The lowest BCUT2D eigenvalue weighted by molar-refractivity contribution is 0.164. The Morgan fingerprint density at radius 3 is 2.50 bits per heavy atom. The van der Waals surface area contributed by atoms with Gasteiger partial charge >= 0.3 is 0 Å². The zero-order valence-corrected chi connectivity index (χ0v) is 5.56. The molecule has 0 saturated carbocycles. The predicted molar refractivity (Wildman–Crippen MR) is 35.0 cm³/mol. The Morgan fingerprint density at radius 2 is 2.12 bits per heavy atom. The van der Waals surface area contributed by atoms with E-state index in [2.05, 4.69) is 0 Å². The first-order valence-electron chi connectivity index (χ1n) is 2.75. The van der Waals surface area contributed by atoms with E-state index in [-0.39, 0.29) is 6.10 Å². The van der Waals surface area contributed by atoms with Gasteiger partial charge in [-0.05, 0) is 19.4 Å². The second-order valence-electron chi connectivity index (χ2n) is 1.71. The second-order valence-corrected chi connectivity index (χ2v) is 2.09. The standard InChI is InChI=1S/C5H12ClNO/c6-3-1-5(8)2-4-7/h5,8H,1-4,7H2. The van der Waals surface area contributed by atoms with E-state index in [1.54, 1.807) is 0 Å². The van der Waals surface area contributed by atoms with Crippen molar-refractivity contribution in [2.45, 2.75) is 18.9 Å². The van der Waals surface area contributed by atoms with Crippen molar-refractivity contribution in [2.75, 3.05) is 12.4 Å². The normalized spacial score (nSPS) is 13.9. The molecule has 0 aliphatic heterocycles. The van der Waals surface area contributed by atoms with Gasteiger partial charge in [0.2, 0.25) is 0 Å². The lowest BCUT2D eigenvalue weighted by atomic mass is 10.2. The van der Waals surface area contributed by atoms with Crippen molar-refractivity contribution < 1.29 is 5.11 Å². The Bertz CT molecular complexity index is 45.7. The SMILES string of the molecule is NCCC(O)CCCl. The molecule has 50 valence electrons. The molecule has 8 heavy (non-hydrogen) atoms. The van der Waals surface area contributed by atoms with E-state index in [9.17, 15) is 0 Å². The summed E-state index contributed by atoms with van der Waals surface area (Å²) in [5.74, 6) is 0.515. The van der Waals surface area contributed by atoms with Crippen LogP contribution in [0.1, 0.15) is 12.8 Å². The van der Waals surface area contributed by atoms with Crippen LogP contribution in [0.25, 0.3) is 0 Å². The summed E-state index contributed by atoms with van der Waals surface area (Å²) in [6, 6.07) is 0. The number of hydrogen-bond donors (Lipinski definition) is 2. The molecule has 0 aromatic heterocycles. The number of nitrogens with two attached hydrogens (primary N) is 1. The van der Waals surface area contributed by atoms with Crippen LogP contribution in [-0.2, 0) is 0 Å². The zero-order valence-electron chi connectivity index (χ0n) is 4.81. The molecule has 0 spiro atoms. The monoisotopic (exact) mass is 137 g/mol. The molecule has 0 rings (SSSR count). The highest BCUT2D eigenvalue weighted by Crippen LogP contribution is 1.96. The van der Waals surface area contributed by atoms with Crippen LogP contribution in [0, 0.1) is 0 Å². The number of alkyl halides is 1. The maximum atomic E-state index is 8.88. The molecule has 2 nitrogen and oxygen atoms in total. The highest BCUT2D eigenvalue weighted by Gasteiger charge is 1.98. The third-order valence-electron chi connectivity index (χ3n) is 0.942. The zero-order chi connectivity index (χ0) is 6.41. The third kappa shape index (κ3) is 4.37. The largest absolute Gasteiger partial charge is 0.393 e. The van der Waals surface area contributed by atoms with E-state index in [4.69, 9.17) is 22.4 Å². The molecular formula is C5H12ClNO. The van der Waals surface area contributed by atoms with E-state index in [0.717, 1.165) is 0 Å². The Balaban J connectivity index is 2.92. The smallest absolute Gasteiger partial charge is 0.0563 e. The summed E-state index contributed by atoms with van der Waals surface area (Å²) in [6.45, 7) is 0.540. The van der Waals surface area contributed by atoms with Gasteiger partial charge in [0, 0.05) is 5.88 Å². The van der Waals surface area contributed by atoms with E-state index in [1.807, 2.05) is 0 Å². The van der Waals surface area contributed by atoms with Crippen molar-refractivity contribution >= 4 is 11.6 Å². The van der Waals surface area contributed by atoms with Gasteiger partial charge in [0.1, 0.15) is 0 Å². The van der Waals surface area contributed by atoms with Gasteiger partial charge in [-0.25, -0.2) is 0 Å². The van der Waals surface area contributed by atoms with Gasteiger partial charge < -0.3 is 10.8 Å². The molecule has 1 atom stereocenters. The van der Waals surface area contributed by atoms with E-state index in [0.29, 0.717) is 25.3 Å². The van der Waals surface area contributed by atoms with Gasteiger partial charge in [0.15, 0.2) is 0 Å². The van der Waals surface area contributed by atoms with Gasteiger partial charge in [-0.2, -0.15) is 0 Å². The molecule has 0 heterocycles. The van der Waals surface area contributed by atoms with Crippen LogP contribution >= 0.6 is 11.6 Å². The molecule has 0 radical (unpaired) electrons. The maximum Gasteiger partial charge on any atom is 0.0563 e. The summed E-state index contributed by atoms with van der Waals surface area (Å²) in [5.41, 5.74) is 5.16. The van der Waals surface area contributed by atoms with Crippen molar-refractivity contribution in [2.24, 2.45) is 5.73 Å². The lowest BCUT2D eigenvalue weighted by Crippen LogP contribution is -2.13. The summed E-state index contributed by atoms with van der Waals surface area (Å²) < 4.78 is 0. The molecule has 0 aliphatic carbocycles. The van der Waals surface area contributed by atoms with Crippen molar-refractivity contribution in [1.82, 2.24) is 0 Å². The van der Waals surface area contributed by atoms with Crippen LogP contribution < -0.4 is 5.73 Å². The number of rotatable bonds is 4. The van der Waals surface area contributed by atoms with Gasteiger partial charge in [-0.15, -0.1) is 11.6 Å². The van der Waals surface area contributed by atoms with Crippen LogP contribution in [0.2, 0.25) is 0 Å². The molecule has 1 unspecified atom stereocenters. The highest BCUT2D eigenvalue weighted by atomic mass is 35.5. The molecule has 3 heteroatoms. The van der Waals surface area contributed by atoms with Crippen molar-refractivity contribution in [3.63, 3.8) is 0 Å². The highest BCUT2D eigenvalue weighted by molar-refractivity contribution is 6.17. The van der Waals surface area contributed by atoms with E-state index < -0.39 is 0 Å². The number of aliphatic hydroxyl groups excluding tert-OH is 1.